The first-order chi connectivity index (χ1) is 14.2. The van der Waals surface area contributed by atoms with Crippen molar-refractivity contribution in [1.29, 1.82) is 0 Å². The number of thiophene rings is 1. The predicted octanol–water partition coefficient (Wildman–Crippen LogP) is 5.23. The van der Waals surface area contributed by atoms with Crippen molar-refractivity contribution in [3.8, 4) is 5.75 Å². The van der Waals surface area contributed by atoms with Crippen LogP contribution in [0.3, 0.4) is 0 Å². The van der Waals surface area contributed by atoms with Crippen molar-refractivity contribution in [3.05, 3.63) is 68.7 Å². The second-order valence-corrected chi connectivity index (χ2v) is 8.45. The molecule has 30 heavy (non-hydrogen) atoms. The van der Waals surface area contributed by atoms with Gasteiger partial charge in [-0.3, -0.25) is 4.79 Å². The summed E-state index contributed by atoms with van der Waals surface area (Å²) < 4.78 is 46.9. The Morgan fingerprint density at radius 3 is 2.77 bits per heavy atom. The molecular weight excluding hydrogens is 441 g/mol. The summed E-state index contributed by atoms with van der Waals surface area (Å²) >= 11 is 7.11. The highest BCUT2D eigenvalue weighted by atomic mass is 35.5. The van der Waals surface area contributed by atoms with Crippen LogP contribution in [0.5, 0.6) is 5.75 Å². The molecule has 0 aliphatic carbocycles. The van der Waals surface area contributed by atoms with Gasteiger partial charge >= 0.3 is 6.18 Å². The lowest BCUT2D eigenvalue weighted by atomic mass is 9.95. The molecular formula is C20H14ClF3N2O3S. The standard InChI is InChI=1S/C20H14ClF3N2O3S/c21-17-2-1-12(30-17)8-25-19(28)15-7-16(27)13-5-11(10-3-4-29-9-10)6-14(18(13)26-15)20(22,23)24/h1-7,10H,8-9H2,(H,25,28)(H,26,27). The number of alkyl halides is 3. The SMILES string of the molecule is O=C(NCc1ccc(Cl)s1)c1cc(O)c2cc(C3C=COC3)cc(C(F)(F)F)c2n1. The molecule has 1 aliphatic heterocycles. The van der Waals surface area contributed by atoms with Gasteiger partial charge in [0.25, 0.3) is 5.91 Å². The number of amides is 1. The first kappa shape index (κ1) is 20.5. The summed E-state index contributed by atoms with van der Waals surface area (Å²) in [6.07, 6.45) is -1.65. The van der Waals surface area contributed by atoms with E-state index in [1.165, 1.54) is 23.7 Å². The molecule has 0 saturated heterocycles. The number of rotatable bonds is 4. The average molecular weight is 455 g/mol. The highest BCUT2D eigenvalue weighted by Gasteiger charge is 2.35. The Hall–Kier alpha value is -2.78. The third kappa shape index (κ3) is 4.08. The number of nitrogens with zero attached hydrogens (tertiary/aromatic N) is 1. The molecule has 0 radical (unpaired) electrons. The summed E-state index contributed by atoms with van der Waals surface area (Å²) in [7, 11) is 0. The number of hydrogen-bond donors (Lipinski definition) is 2. The monoisotopic (exact) mass is 454 g/mol. The van der Waals surface area contributed by atoms with Gasteiger partial charge < -0.3 is 15.2 Å². The molecule has 4 rings (SSSR count). The van der Waals surface area contributed by atoms with Gasteiger partial charge in [0.1, 0.15) is 11.4 Å². The van der Waals surface area contributed by atoms with E-state index >= 15 is 0 Å². The molecule has 1 amide bonds. The summed E-state index contributed by atoms with van der Waals surface area (Å²) in [5.74, 6) is -1.53. The molecule has 1 unspecified atom stereocenters. The molecule has 3 aromatic rings. The maximum absolute atomic E-state index is 13.7. The van der Waals surface area contributed by atoms with Crippen molar-refractivity contribution in [2.75, 3.05) is 6.61 Å². The number of carbonyl (C=O) groups excluding carboxylic acids is 1. The molecule has 0 spiro atoms. The highest BCUT2D eigenvalue weighted by molar-refractivity contribution is 7.16. The number of aromatic nitrogens is 1. The topological polar surface area (TPSA) is 71.5 Å². The average Bonchev–Trinajstić information content (AvgIpc) is 3.36. The summed E-state index contributed by atoms with van der Waals surface area (Å²) in [5.41, 5.74) is -1.48. The van der Waals surface area contributed by atoms with Crippen LogP contribution in [0.15, 0.2) is 42.7 Å². The van der Waals surface area contributed by atoms with E-state index in [9.17, 15) is 23.1 Å². The van der Waals surface area contributed by atoms with Crippen LogP contribution >= 0.6 is 22.9 Å². The van der Waals surface area contributed by atoms with Crippen LogP contribution in [0, 0.1) is 0 Å². The lowest BCUT2D eigenvalue weighted by molar-refractivity contribution is -0.136. The zero-order valence-electron chi connectivity index (χ0n) is 15.2. The highest BCUT2D eigenvalue weighted by Crippen LogP contribution is 2.40. The number of nitrogens with one attached hydrogen (secondary N) is 1. The summed E-state index contributed by atoms with van der Waals surface area (Å²) in [5, 5.41) is 12.9. The Morgan fingerprint density at radius 2 is 2.13 bits per heavy atom. The Morgan fingerprint density at radius 1 is 1.33 bits per heavy atom. The molecule has 1 atom stereocenters. The predicted molar refractivity (Wildman–Crippen MR) is 107 cm³/mol. The smallest absolute Gasteiger partial charge is 0.418 e. The lowest BCUT2D eigenvalue weighted by Crippen LogP contribution is -2.23. The number of halogens is 4. The van der Waals surface area contributed by atoms with Crippen molar-refractivity contribution in [1.82, 2.24) is 10.3 Å². The molecule has 3 heterocycles. The van der Waals surface area contributed by atoms with E-state index in [1.807, 2.05) is 0 Å². The second kappa shape index (κ2) is 7.81. The van der Waals surface area contributed by atoms with Crippen LogP contribution < -0.4 is 5.32 Å². The number of carbonyl (C=O) groups is 1. The van der Waals surface area contributed by atoms with Gasteiger partial charge in [0, 0.05) is 22.2 Å². The fourth-order valence-electron chi connectivity index (χ4n) is 3.16. The van der Waals surface area contributed by atoms with Crippen LogP contribution in [0.2, 0.25) is 4.34 Å². The van der Waals surface area contributed by atoms with Crippen LogP contribution in [0.1, 0.15) is 32.4 Å². The summed E-state index contributed by atoms with van der Waals surface area (Å²) in [6.45, 7) is 0.347. The van der Waals surface area contributed by atoms with Crippen LogP contribution in [0.4, 0.5) is 13.2 Å². The van der Waals surface area contributed by atoms with E-state index in [2.05, 4.69) is 10.3 Å². The molecule has 0 saturated carbocycles. The van der Waals surface area contributed by atoms with Gasteiger partial charge in [0.05, 0.1) is 34.8 Å². The van der Waals surface area contributed by atoms with Crippen molar-refractivity contribution in [3.63, 3.8) is 0 Å². The molecule has 5 nitrogen and oxygen atoms in total. The van der Waals surface area contributed by atoms with Crippen LogP contribution in [-0.2, 0) is 17.5 Å². The van der Waals surface area contributed by atoms with Crippen molar-refractivity contribution < 1.29 is 27.8 Å². The molecule has 10 heteroatoms. The Labute approximate surface area is 177 Å². The van der Waals surface area contributed by atoms with E-state index in [0.29, 0.717) is 9.90 Å². The normalized spacial score (nSPS) is 16.1. The molecule has 2 N–H and O–H groups in total. The van der Waals surface area contributed by atoms with Crippen molar-refractivity contribution in [2.45, 2.75) is 18.6 Å². The van der Waals surface area contributed by atoms with Crippen molar-refractivity contribution >= 4 is 39.7 Å². The zero-order chi connectivity index (χ0) is 21.5. The van der Waals surface area contributed by atoms with Crippen LogP contribution in [0.25, 0.3) is 10.9 Å². The number of fused-ring (bicyclic) bond motifs is 1. The Kier molecular flexibility index (Phi) is 5.33. The second-order valence-electron chi connectivity index (χ2n) is 6.65. The fraction of sp³-hybridized carbons (Fsp3) is 0.200. The number of aromatic hydroxyl groups is 1. The molecule has 1 aromatic carbocycles. The molecule has 156 valence electrons. The Bertz CT molecular complexity index is 1160. The third-order valence-corrected chi connectivity index (χ3v) is 5.85. The van der Waals surface area contributed by atoms with E-state index in [1.54, 1.807) is 18.2 Å². The van der Waals surface area contributed by atoms with E-state index in [4.69, 9.17) is 16.3 Å². The quantitative estimate of drug-likeness (QED) is 0.566. The lowest BCUT2D eigenvalue weighted by Gasteiger charge is -2.16. The summed E-state index contributed by atoms with van der Waals surface area (Å²) in [6, 6.07) is 6.87. The Balaban J connectivity index is 1.73. The largest absolute Gasteiger partial charge is 0.507 e. The third-order valence-electron chi connectivity index (χ3n) is 4.62. The van der Waals surface area contributed by atoms with Gasteiger partial charge in [-0.05, 0) is 35.9 Å². The minimum absolute atomic E-state index is 0.0817. The van der Waals surface area contributed by atoms with Gasteiger partial charge in [0.2, 0.25) is 0 Å². The van der Waals surface area contributed by atoms with Gasteiger partial charge in [-0.15, -0.1) is 11.3 Å². The van der Waals surface area contributed by atoms with Crippen molar-refractivity contribution in [2.24, 2.45) is 0 Å². The van der Waals surface area contributed by atoms with Gasteiger partial charge in [-0.2, -0.15) is 13.2 Å². The molecule has 2 aromatic heterocycles. The van der Waals surface area contributed by atoms with Gasteiger partial charge in [-0.1, -0.05) is 11.6 Å². The minimum atomic E-state index is -4.72. The van der Waals surface area contributed by atoms with Gasteiger partial charge in [0.15, 0.2) is 0 Å². The van der Waals surface area contributed by atoms with E-state index < -0.39 is 28.9 Å². The zero-order valence-corrected chi connectivity index (χ0v) is 16.7. The fourth-order valence-corrected chi connectivity index (χ4v) is 4.18. The number of hydrogen-bond acceptors (Lipinski definition) is 5. The number of benzene rings is 1. The molecule has 0 fully saturated rings. The minimum Gasteiger partial charge on any atom is -0.507 e. The number of ether oxygens (including phenoxy) is 1. The van der Waals surface area contributed by atoms with Crippen LogP contribution in [-0.4, -0.2) is 22.6 Å². The molecule has 1 aliphatic rings. The van der Waals surface area contributed by atoms with Gasteiger partial charge in [-0.25, -0.2) is 4.98 Å². The first-order valence-corrected chi connectivity index (χ1v) is 9.97. The van der Waals surface area contributed by atoms with E-state index in [-0.39, 0.29) is 30.1 Å². The maximum Gasteiger partial charge on any atom is 0.418 e. The maximum atomic E-state index is 13.7. The number of pyridine rings is 1. The summed E-state index contributed by atoms with van der Waals surface area (Å²) in [4.78, 5) is 17.1. The molecule has 0 bridgehead atoms. The van der Waals surface area contributed by atoms with E-state index in [0.717, 1.165) is 17.0 Å². The first-order valence-electron chi connectivity index (χ1n) is 8.78.